The maximum atomic E-state index is 13.2. The molecule has 0 aliphatic carbocycles. The van der Waals surface area contributed by atoms with Gasteiger partial charge in [0.1, 0.15) is 5.83 Å². The second-order valence-corrected chi connectivity index (χ2v) is 3.37. The van der Waals surface area contributed by atoms with E-state index in [0.29, 0.717) is 5.56 Å². The maximum Gasteiger partial charge on any atom is 0.126 e. The standard InChI is InChI=1S/C14H11FN/c1-2-14(15)12-7-5-11(6-8-12)13-4-3-9-16-10-13/h2-10H,1H2/b14-2+. The molecule has 0 aliphatic rings. The lowest BCUT2D eigenvalue weighted by Crippen LogP contribution is -1.81. The first-order valence-corrected chi connectivity index (χ1v) is 4.97. The molecule has 0 atom stereocenters. The molecule has 0 unspecified atom stereocenters. The van der Waals surface area contributed by atoms with Gasteiger partial charge in [-0.3, -0.25) is 4.98 Å². The quantitative estimate of drug-likeness (QED) is 0.735. The number of halogens is 1. The van der Waals surface area contributed by atoms with Gasteiger partial charge in [-0.05, 0) is 30.2 Å². The molecule has 0 amide bonds. The Morgan fingerprint density at radius 1 is 1.12 bits per heavy atom. The minimum absolute atomic E-state index is 0.308. The Morgan fingerprint density at radius 2 is 1.88 bits per heavy atom. The molecule has 0 aliphatic heterocycles. The lowest BCUT2D eigenvalue weighted by atomic mass is 10.1. The van der Waals surface area contributed by atoms with Gasteiger partial charge >= 0.3 is 0 Å². The monoisotopic (exact) mass is 212 g/mol. The number of pyridine rings is 1. The number of rotatable bonds is 2. The van der Waals surface area contributed by atoms with Crippen molar-refractivity contribution < 1.29 is 4.39 Å². The summed E-state index contributed by atoms with van der Waals surface area (Å²) in [4.78, 5) is 4.04. The van der Waals surface area contributed by atoms with E-state index >= 15 is 0 Å². The molecule has 2 rings (SSSR count). The van der Waals surface area contributed by atoms with Crippen LogP contribution >= 0.6 is 0 Å². The number of nitrogens with zero attached hydrogens (tertiary/aromatic N) is 1. The van der Waals surface area contributed by atoms with Crippen molar-refractivity contribution in [3.05, 3.63) is 67.4 Å². The molecule has 1 heterocycles. The molecule has 0 bridgehead atoms. The molecule has 1 aromatic heterocycles. The third-order valence-corrected chi connectivity index (χ3v) is 2.33. The van der Waals surface area contributed by atoms with Crippen LogP contribution in [-0.2, 0) is 0 Å². The molecule has 0 N–H and O–H groups in total. The summed E-state index contributed by atoms with van der Waals surface area (Å²) in [5.74, 6) is -0.308. The van der Waals surface area contributed by atoms with Crippen LogP contribution in [0.15, 0.2) is 54.9 Å². The van der Waals surface area contributed by atoms with Crippen LogP contribution in [0.3, 0.4) is 0 Å². The normalized spacial score (nSPS) is 11.5. The second kappa shape index (κ2) is 4.71. The van der Waals surface area contributed by atoms with E-state index in [1.807, 2.05) is 24.3 Å². The minimum Gasteiger partial charge on any atom is -0.264 e. The second-order valence-electron chi connectivity index (χ2n) is 3.37. The molecule has 0 saturated heterocycles. The summed E-state index contributed by atoms with van der Waals surface area (Å²) in [7, 11) is 0. The highest BCUT2D eigenvalue weighted by molar-refractivity contribution is 5.67. The summed E-state index contributed by atoms with van der Waals surface area (Å²) in [5, 5.41) is 0. The first kappa shape index (κ1) is 10.6. The molecule has 2 heteroatoms. The van der Waals surface area contributed by atoms with Gasteiger partial charge in [-0.2, -0.15) is 0 Å². The molecule has 79 valence electrons. The fourth-order valence-corrected chi connectivity index (χ4v) is 1.47. The first-order chi connectivity index (χ1) is 7.81. The van der Waals surface area contributed by atoms with Gasteiger partial charge in [0, 0.05) is 18.0 Å². The largest absolute Gasteiger partial charge is 0.264 e. The van der Waals surface area contributed by atoms with Crippen molar-refractivity contribution in [2.45, 2.75) is 0 Å². The van der Waals surface area contributed by atoms with Gasteiger partial charge in [-0.15, -0.1) is 0 Å². The van der Waals surface area contributed by atoms with Gasteiger partial charge in [0.05, 0.1) is 0 Å². The Balaban J connectivity index is 2.34. The van der Waals surface area contributed by atoms with Crippen LogP contribution in [0.5, 0.6) is 0 Å². The molecule has 1 aromatic carbocycles. The molecule has 1 radical (unpaired) electrons. The van der Waals surface area contributed by atoms with Crippen molar-refractivity contribution in [1.82, 2.24) is 4.98 Å². The van der Waals surface area contributed by atoms with E-state index in [2.05, 4.69) is 11.9 Å². The number of aromatic nitrogens is 1. The number of hydrogen-bond acceptors (Lipinski definition) is 1. The molecular weight excluding hydrogens is 201 g/mol. The summed E-state index contributed by atoms with van der Waals surface area (Å²) in [6.45, 7) is 3.40. The van der Waals surface area contributed by atoms with Gasteiger partial charge in [-0.1, -0.05) is 30.3 Å². The molecular formula is C14H11FN. The summed E-state index contributed by atoms with van der Waals surface area (Å²) in [5.41, 5.74) is 2.59. The zero-order chi connectivity index (χ0) is 11.4. The third-order valence-electron chi connectivity index (χ3n) is 2.33. The van der Waals surface area contributed by atoms with E-state index in [0.717, 1.165) is 11.1 Å². The fourth-order valence-electron chi connectivity index (χ4n) is 1.47. The van der Waals surface area contributed by atoms with E-state index in [1.165, 1.54) is 6.08 Å². The predicted molar refractivity (Wildman–Crippen MR) is 64.1 cm³/mol. The smallest absolute Gasteiger partial charge is 0.126 e. The highest BCUT2D eigenvalue weighted by Gasteiger charge is 2.00. The third kappa shape index (κ3) is 2.16. The number of hydrogen-bond donors (Lipinski definition) is 0. The minimum atomic E-state index is -0.308. The van der Waals surface area contributed by atoms with Crippen LogP contribution in [0.4, 0.5) is 4.39 Å². The van der Waals surface area contributed by atoms with Crippen molar-refractivity contribution in [3.63, 3.8) is 0 Å². The molecule has 16 heavy (non-hydrogen) atoms. The van der Waals surface area contributed by atoms with E-state index in [1.54, 1.807) is 24.5 Å². The predicted octanol–water partition coefficient (Wildman–Crippen LogP) is 3.89. The average Bonchev–Trinajstić information content (AvgIpc) is 2.39. The first-order valence-electron chi connectivity index (χ1n) is 4.97. The van der Waals surface area contributed by atoms with Crippen molar-refractivity contribution >= 4 is 5.83 Å². The fraction of sp³-hybridized carbons (Fsp3) is 0. The summed E-state index contributed by atoms with van der Waals surface area (Å²) >= 11 is 0. The molecule has 0 spiro atoms. The number of allylic oxidation sites excluding steroid dienone is 1. The van der Waals surface area contributed by atoms with E-state index in [-0.39, 0.29) is 5.83 Å². The van der Waals surface area contributed by atoms with Crippen LogP contribution in [0, 0.1) is 6.92 Å². The van der Waals surface area contributed by atoms with E-state index < -0.39 is 0 Å². The van der Waals surface area contributed by atoms with Crippen molar-refractivity contribution in [2.24, 2.45) is 0 Å². The Morgan fingerprint density at radius 3 is 2.44 bits per heavy atom. The summed E-state index contributed by atoms with van der Waals surface area (Å²) in [6, 6.07) is 11.1. The van der Waals surface area contributed by atoms with Crippen molar-refractivity contribution in [2.75, 3.05) is 0 Å². The average molecular weight is 212 g/mol. The van der Waals surface area contributed by atoms with Crippen LogP contribution < -0.4 is 0 Å². The van der Waals surface area contributed by atoms with Gasteiger partial charge in [0.25, 0.3) is 0 Å². The zero-order valence-corrected chi connectivity index (χ0v) is 8.73. The maximum absolute atomic E-state index is 13.2. The lowest BCUT2D eigenvalue weighted by Gasteiger charge is -2.02. The Labute approximate surface area is 94.3 Å². The van der Waals surface area contributed by atoms with Crippen molar-refractivity contribution in [1.29, 1.82) is 0 Å². The lowest BCUT2D eigenvalue weighted by molar-refractivity contribution is 0.760. The Hall–Kier alpha value is -1.96. The summed E-state index contributed by atoms with van der Waals surface area (Å²) in [6.07, 6.45) is 4.71. The van der Waals surface area contributed by atoms with Gasteiger partial charge in [-0.25, -0.2) is 4.39 Å². The van der Waals surface area contributed by atoms with Gasteiger partial charge in [0.15, 0.2) is 0 Å². The zero-order valence-electron chi connectivity index (χ0n) is 8.73. The van der Waals surface area contributed by atoms with Crippen molar-refractivity contribution in [3.8, 4) is 11.1 Å². The molecule has 0 saturated carbocycles. The van der Waals surface area contributed by atoms with Crippen LogP contribution in [-0.4, -0.2) is 4.98 Å². The highest BCUT2D eigenvalue weighted by atomic mass is 19.1. The Kier molecular flexibility index (Phi) is 3.10. The summed E-state index contributed by atoms with van der Waals surface area (Å²) < 4.78 is 13.2. The van der Waals surface area contributed by atoms with Gasteiger partial charge < -0.3 is 0 Å². The topological polar surface area (TPSA) is 12.9 Å². The molecule has 2 aromatic rings. The van der Waals surface area contributed by atoms with Crippen LogP contribution in [0.25, 0.3) is 17.0 Å². The number of benzene rings is 1. The van der Waals surface area contributed by atoms with E-state index in [9.17, 15) is 4.39 Å². The van der Waals surface area contributed by atoms with Crippen LogP contribution in [0.2, 0.25) is 0 Å². The van der Waals surface area contributed by atoms with E-state index in [4.69, 9.17) is 0 Å². The van der Waals surface area contributed by atoms with Crippen LogP contribution in [0.1, 0.15) is 5.56 Å². The SMILES string of the molecule is [CH2]/C=C(/F)c1ccc(-c2cccnc2)cc1. The molecule has 0 fully saturated rings. The Bertz CT molecular complexity index is 486. The van der Waals surface area contributed by atoms with Gasteiger partial charge in [0.2, 0.25) is 0 Å². The highest BCUT2D eigenvalue weighted by Crippen LogP contribution is 2.22. The molecule has 1 nitrogen and oxygen atoms in total.